The lowest BCUT2D eigenvalue weighted by molar-refractivity contribution is -0.198. The van der Waals surface area contributed by atoms with Gasteiger partial charge in [0.05, 0.1) is 24.3 Å². The third-order valence-electron chi connectivity index (χ3n) is 5.95. The fourth-order valence-corrected chi connectivity index (χ4v) is 4.01. The highest BCUT2D eigenvalue weighted by Crippen LogP contribution is 2.39. The van der Waals surface area contributed by atoms with Gasteiger partial charge in [-0.3, -0.25) is 0 Å². The van der Waals surface area contributed by atoms with E-state index in [1.54, 1.807) is 0 Å². The number of hydrogen-bond acceptors (Lipinski definition) is 4. The molecule has 0 spiro atoms. The third-order valence-corrected chi connectivity index (χ3v) is 5.95. The SMILES string of the molecule is C/C=C/C1COC(c2ccc(C(F)(F)Oc3ccc(C(F)(F)Oc4cc(F)c(C(F)(F)F)c(F)c4)cc3)c(F)c2)OC1. The fourth-order valence-electron chi connectivity index (χ4n) is 4.01. The molecule has 0 saturated carbocycles. The Labute approximate surface area is 232 Å². The van der Waals surface area contributed by atoms with Crippen molar-refractivity contribution >= 4 is 0 Å². The van der Waals surface area contributed by atoms with Gasteiger partial charge in [-0.2, -0.15) is 30.7 Å². The molecule has 0 atom stereocenters. The molecule has 42 heavy (non-hydrogen) atoms. The third kappa shape index (κ3) is 6.98. The molecule has 1 saturated heterocycles. The van der Waals surface area contributed by atoms with Gasteiger partial charge in [0.25, 0.3) is 0 Å². The summed E-state index contributed by atoms with van der Waals surface area (Å²) in [6, 6.07) is 4.98. The predicted molar refractivity (Wildman–Crippen MR) is 126 cm³/mol. The van der Waals surface area contributed by atoms with E-state index in [4.69, 9.17) is 9.47 Å². The monoisotopic (exact) mass is 610 g/mol. The number of alkyl halides is 7. The van der Waals surface area contributed by atoms with Crippen molar-refractivity contribution in [3.63, 3.8) is 0 Å². The highest BCUT2D eigenvalue weighted by atomic mass is 19.4. The molecule has 0 aliphatic carbocycles. The van der Waals surface area contributed by atoms with Crippen LogP contribution in [0.2, 0.25) is 0 Å². The molecular weight excluding hydrogens is 590 g/mol. The van der Waals surface area contributed by atoms with Gasteiger partial charge in [0, 0.05) is 23.6 Å². The molecule has 0 N–H and O–H groups in total. The molecular formula is C28H20F10O4. The summed E-state index contributed by atoms with van der Waals surface area (Å²) in [4.78, 5) is 0. The molecule has 14 heteroatoms. The average Bonchev–Trinajstić information content (AvgIpc) is 2.87. The Hall–Kier alpha value is -3.78. The molecule has 0 bridgehead atoms. The van der Waals surface area contributed by atoms with E-state index in [1.807, 2.05) is 19.1 Å². The number of hydrogen-bond donors (Lipinski definition) is 0. The van der Waals surface area contributed by atoms with E-state index in [9.17, 15) is 43.9 Å². The van der Waals surface area contributed by atoms with E-state index in [0.717, 1.165) is 18.2 Å². The second-order valence-corrected chi connectivity index (χ2v) is 9.05. The lowest BCUT2D eigenvalue weighted by Gasteiger charge is -2.28. The van der Waals surface area contributed by atoms with Crippen LogP contribution in [0.4, 0.5) is 43.9 Å². The van der Waals surface area contributed by atoms with Crippen molar-refractivity contribution in [3.05, 3.63) is 106 Å². The van der Waals surface area contributed by atoms with Crippen molar-refractivity contribution in [1.29, 1.82) is 0 Å². The van der Waals surface area contributed by atoms with Gasteiger partial charge in [-0.1, -0.05) is 18.2 Å². The van der Waals surface area contributed by atoms with Gasteiger partial charge in [0.2, 0.25) is 0 Å². The van der Waals surface area contributed by atoms with Gasteiger partial charge in [0.15, 0.2) is 6.29 Å². The Balaban J connectivity index is 1.44. The molecule has 1 fully saturated rings. The van der Waals surface area contributed by atoms with Crippen molar-refractivity contribution in [2.45, 2.75) is 31.6 Å². The second kappa shape index (κ2) is 11.8. The summed E-state index contributed by atoms with van der Waals surface area (Å²) in [6.45, 7) is 2.37. The molecule has 0 amide bonds. The predicted octanol–water partition coefficient (Wildman–Crippen LogP) is 8.62. The second-order valence-electron chi connectivity index (χ2n) is 9.05. The maximum atomic E-state index is 14.8. The molecule has 1 heterocycles. The van der Waals surface area contributed by atoms with E-state index >= 15 is 0 Å². The summed E-state index contributed by atoms with van der Waals surface area (Å²) >= 11 is 0. The normalized spacial score (nSPS) is 18.4. The van der Waals surface area contributed by atoms with Crippen molar-refractivity contribution in [2.24, 2.45) is 5.92 Å². The molecule has 0 aromatic heterocycles. The van der Waals surface area contributed by atoms with Crippen molar-refractivity contribution in [2.75, 3.05) is 13.2 Å². The number of rotatable bonds is 8. The van der Waals surface area contributed by atoms with Crippen LogP contribution in [0, 0.1) is 23.4 Å². The van der Waals surface area contributed by atoms with Crippen LogP contribution in [0.15, 0.2) is 66.7 Å². The minimum absolute atomic E-state index is 0.0122. The van der Waals surface area contributed by atoms with Gasteiger partial charge < -0.3 is 18.9 Å². The minimum Gasteiger partial charge on any atom is -0.429 e. The molecule has 0 unspecified atom stereocenters. The maximum Gasteiger partial charge on any atom is 0.429 e. The molecule has 4 rings (SSSR count). The lowest BCUT2D eigenvalue weighted by Crippen LogP contribution is -2.27. The Morgan fingerprint density at radius 3 is 1.81 bits per heavy atom. The largest absolute Gasteiger partial charge is 0.429 e. The van der Waals surface area contributed by atoms with E-state index in [2.05, 4.69) is 9.47 Å². The number of ether oxygens (including phenoxy) is 4. The lowest BCUT2D eigenvalue weighted by atomic mass is 10.1. The van der Waals surface area contributed by atoms with Gasteiger partial charge in [-0.15, -0.1) is 0 Å². The molecule has 1 aliphatic rings. The van der Waals surface area contributed by atoms with E-state index < -0.39 is 70.3 Å². The highest BCUT2D eigenvalue weighted by molar-refractivity contribution is 5.35. The van der Waals surface area contributed by atoms with Crippen LogP contribution in [0.25, 0.3) is 0 Å². The fraction of sp³-hybridized carbons (Fsp3) is 0.286. The summed E-state index contributed by atoms with van der Waals surface area (Å²) in [6.07, 6.45) is -11.3. The van der Waals surface area contributed by atoms with Crippen LogP contribution in [-0.2, 0) is 27.9 Å². The van der Waals surface area contributed by atoms with E-state index in [-0.39, 0.29) is 36.8 Å². The first-order valence-corrected chi connectivity index (χ1v) is 12.1. The molecule has 4 nitrogen and oxygen atoms in total. The summed E-state index contributed by atoms with van der Waals surface area (Å²) < 4.78 is 158. The van der Waals surface area contributed by atoms with Crippen molar-refractivity contribution in [3.8, 4) is 11.5 Å². The standard InChI is InChI=1S/C28H20F10O4/c1-2-3-15-13-39-25(40-14-15)16-4-9-20(21(29)10-16)28(37,38)41-18-7-5-17(6-8-18)27(35,36)42-19-11-22(30)24(23(31)12-19)26(32,33)34/h2-12,15,25H,13-14H2,1H3/b3-2+. The molecule has 1 aliphatic heterocycles. The number of allylic oxidation sites excluding steroid dienone is 1. The van der Waals surface area contributed by atoms with Gasteiger partial charge in [0.1, 0.15) is 34.5 Å². The van der Waals surface area contributed by atoms with E-state index in [0.29, 0.717) is 24.3 Å². The minimum atomic E-state index is -5.42. The summed E-state index contributed by atoms with van der Waals surface area (Å²) in [5, 5.41) is 0. The van der Waals surface area contributed by atoms with Crippen molar-refractivity contribution in [1.82, 2.24) is 0 Å². The summed E-state index contributed by atoms with van der Waals surface area (Å²) in [5.74, 6) is -7.68. The smallest absolute Gasteiger partial charge is 0.429 e. The maximum absolute atomic E-state index is 14.8. The van der Waals surface area contributed by atoms with Crippen LogP contribution in [0.5, 0.6) is 11.5 Å². The van der Waals surface area contributed by atoms with E-state index in [1.165, 1.54) is 0 Å². The van der Waals surface area contributed by atoms with Gasteiger partial charge >= 0.3 is 18.4 Å². The summed E-state index contributed by atoms with van der Waals surface area (Å²) in [7, 11) is 0. The molecule has 226 valence electrons. The van der Waals surface area contributed by atoms with Crippen LogP contribution in [-0.4, -0.2) is 13.2 Å². The number of benzene rings is 3. The van der Waals surface area contributed by atoms with Gasteiger partial charge in [-0.25, -0.2) is 13.2 Å². The molecule has 0 radical (unpaired) electrons. The zero-order valence-electron chi connectivity index (χ0n) is 21.3. The van der Waals surface area contributed by atoms with Crippen LogP contribution in [0.3, 0.4) is 0 Å². The quantitative estimate of drug-likeness (QED) is 0.189. The topological polar surface area (TPSA) is 36.9 Å². The van der Waals surface area contributed by atoms with Gasteiger partial charge in [-0.05, 0) is 43.3 Å². The first-order chi connectivity index (χ1) is 19.6. The average molecular weight is 610 g/mol. The number of halogens is 10. The zero-order valence-corrected chi connectivity index (χ0v) is 21.3. The zero-order chi connectivity index (χ0) is 30.9. The Morgan fingerprint density at radius 1 is 0.714 bits per heavy atom. The Bertz CT molecular complexity index is 1410. The van der Waals surface area contributed by atoms with Crippen LogP contribution in [0.1, 0.15) is 35.5 Å². The summed E-state index contributed by atoms with van der Waals surface area (Å²) in [5.41, 5.74) is -4.34. The highest BCUT2D eigenvalue weighted by Gasteiger charge is 2.41. The van der Waals surface area contributed by atoms with Crippen molar-refractivity contribution < 1.29 is 62.9 Å². The first kappa shape index (κ1) is 31.2. The van der Waals surface area contributed by atoms with Crippen LogP contribution < -0.4 is 9.47 Å². The first-order valence-electron chi connectivity index (χ1n) is 12.1. The molecule has 3 aromatic carbocycles. The van der Waals surface area contributed by atoms with Crippen LogP contribution >= 0.6 is 0 Å². The molecule has 3 aromatic rings. The Morgan fingerprint density at radius 2 is 1.29 bits per heavy atom. The Kier molecular flexibility index (Phi) is 8.78.